The smallest absolute Gasteiger partial charge is 0.167 e. The van der Waals surface area contributed by atoms with Gasteiger partial charge in [-0.05, 0) is 35.9 Å². The molecule has 5 heteroatoms. The number of Topliss-reactive ketones (excluding diaryl/α,β-unsaturated/α-hetero) is 1. The van der Waals surface area contributed by atoms with Crippen LogP contribution in [0.15, 0.2) is 40.9 Å². The normalized spacial score (nSPS) is 10.4. The summed E-state index contributed by atoms with van der Waals surface area (Å²) in [7, 11) is 1.36. The topological polar surface area (TPSA) is 26.3 Å². The number of carbonyl (C=O) groups is 1. The molecule has 0 aliphatic rings. The number of ether oxygens (including phenoxy) is 1. The summed E-state index contributed by atoms with van der Waals surface area (Å²) in [5.41, 5.74) is 0.896. The molecule has 0 unspecified atom stereocenters. The van der Waals surface area contributed by atoms with E-state index < -0.39 is 5.82 Å². The minimum absolute atomic E-state index is 0.0621. The predicted octanol–water partition coefficient (Wildman–Crippen LogP) is 4.16. The highest BCUT2D eigenvalue weighted by Crippen LogP contribution is 2.22. The Hall–Kier alpha value is -1.75. The summed E-state index contributed by atoms with van der Waals surface area (Å²) < 4.78 is 31.8. The zero-order chi connectivity index (χ0) is 14.7. The maximum absolute atomic E-state index is 13.5. The largest absolute Gasteiger partial charge is 0.494 e. The third-order valence-corrected chi connectivity index (χ3v) is 3.58. The van der Waals surface area contributed by atoms with Crippen molar-refractivity contribution in [2.45, 2.75) is 6.42 Å². The highest BCUT2D eigenvalue weighted by molar-refractivity contribution is 9.10. The highest BCUT2D eigenvalue weighted by atomic mass is 79.9. The first-order valence-corrected chi connectivity index (χ1v) is 6.61. The Morgan fingerprint density at radius 1 is 1.20 bits per heavy atom. The van der Waals surface area contributed by atoms with Gasteiger partial charge >= 0.3 is 0 Å². The molecule has 104 valence electrons. The van der Waals surface area contributed by atoms with Crippen molar-refractivity contribution in [3.8, 4) is 5.75 Å². The van der Waals surface area contributed by atoms with Crippen LogP contribution < -0.4 is 4.74 Å². The summed E-state index contributed by atoms with van der Waals surface area (Å²) in [4.78, 5) is 12.1. The van der Waals surface area contributed by atoms with Crippen LogP contribution in [0, 0.1) is 11.6 Å². The summed E-state index contributed by atoms with van der Waals surface area (Å²) in [6, 6.07) is 8.14. The van der Waals surface area contributed by atoms with E-state index in [9.17, 15) is 13.6 Å². The molecular formula is C15H11BrF2O2. The fourth-order valence-electron chi connectivity index (χ4n) is 1.78. The molecule has 0 radical (unpaired) electrons. The van der Waals surface area contributed by atoms with Gasteiger partial charge in [-0.3, -0.25) is 4.79 Å². The van der Waals surface area contributed by atoms with Crippen molar-refractivity contribution in [2.24, 2.45) is 0 Å². The molecule has 0 saturated heterocycles. The van der Waals surface area contributed by atoms with E-state index in [0.717, 1.165) is 6.07 Å². The fourth-order valence-corrected chi connectivity index (χ4v) is 2.27. The Balaban J connectivity index is 2.21. The van der Waals surface area contributed by atoms with E-state index >= 15 is 0 Å². The van der Waals surface area contributed by atoms with E-state index in [2.05, 4.69) is 15.9 Å². The third-order valence-electron chi connectivity index (χ3n) is 2.84. The number of ketones is 1. The Morgan fingerprint density at radius 2 is 1.95 bits per heavy atom. The first-order valence-electron chi connectivity index (χ1n) is 5.82. The molecule has 0 aromatic heterocycles. The molecule has 0 N–H and O–H groups in total. The van der Waals surface area contributed by atoms with Crippen LogP contribution >= 0.6 is 15.9 Å². The van der Waals surface area contributed by atoms with Gasteiger partial charge in [-0.2, -0.15) is 0 Å². The fraction of sp³-hybridized carbons (Fsp3) is 0.133. The van der Waals surface area contributed by atoms with E-state index in [0.29, 0.717) is 10.0 Å². The van der Waals surface area contributed by atoms with Crippen LogP contribution in [-0.2, 0) is 6.42 Å². The third kappa shape index (κ3) is 3.22. The number of hydrogen-bond donors (Lipinski definition) is 0. The molecule has 0 atom stereocenters. The molecule has 0 spiro atoms. The van der Waals surface area contributed by atoms with Gasteiger partial charge in [0.1, 0.15) is 5.82 Å². The maximum atomic E-state index is 13.5. The van der Waals surface area contributed by atoms with Crippen LogP contribution in [-0.4, -0.2) is 12.9 Å². The standard InChI is InChI=1S/C15H11BrF2O2/c1-20-15-5-3-10(6-13(15)18)14(19)7-9-2-4-11(17)8-12(9)16/h2-6,8H,7H2,1H3. The lowest BCUT2D eigenvalue weighted by Crippen LogP contribution is -2.05. The number of benzene rings is 2. The Morgan fingerprint density at radius 3 is 2.55 bits per heavy atom. The predicted molar refractivity (Wildman–Crippen MR) is 75.1 cm³/mol. The van der Waals surface area contributed by atoms with Crippen molar-refractivity contribution < 1.29 is 18.3 Å². The van der Waals surface area contributed by atoms with Gasteiger partial charge in [0.05, 0.1) is 7.11 Å². The average molecular weight is 341 g/mol. The van der Waals surface area contributed by atoms with E-state index in [4.69, 9.17) is 4.74 Å². The molecule has 2 rings (SSSR count). The summed E-state index contributed by atoms with van der Waals surface area (Å²) in [5.74, 6) is -1.14. The quantitative estimate of drug-likeness (QED) is 0.781. The zero-order valence-electron chi connectivity index (χ0n) is 10.6. The number of hydrogen-bond acceptors (Lipinski definition) is 2. The van der Waals surface area contributed by atoms with Gasteiger partial charge in [0.15, 0.2) is 17.3 Å². The van der Waals surface area contributed by atoms with Crippen LogP contribution in [0.4, 0.5) is 8.78 Å². The second-order valence-electron chi connectivity index (χ2n) is 4.19. The van der Waals surface area contributed by atoms with Crippen molar-refractivity contribution in [2.75, 3.05) is 7.11 Å². The maximum Gasteiger partial charge on any atom is 0.167 e. The second-order valence-corrected chi connectivity index (χ2v) is 5.04. The van der Waals surface area contributed by atoms with Crippen molar-refractivity contribution in [3.05, 3.63) is 63.6 Å². The summed E-state index contributed by atoms with van der Waals surface area (Å²) in [6.07, 6.45) is 0.0621. The second kappa shape index (κ2) is 6.13. The van der Waals surface area contributed by atoms with Crippen molar-refractivity contribution in [3.63, 3.8) is 0 Å². The Labute approximate surface area is 123 Å². The SMILES string of the molecule is COc1ccc(C(=O)Cc2ccc(F)cc2Br)cc1F. The van der Waals surface area contributed by atoms with Gasteiger partial charge in [-0.25, -0.2) is 8.78 Å². The first-order chi connectivity index (χ1) is 9.51. The number of methoxy groups -OCH3 is 1. The molecule has 0 bridgehead atoms. The van der Waals surface area contributed by atoms with Crippen LogP contribution in [0.2, 0.25) is 0 Å². The minimum Gasteiger partial charge on any atom is -0.494 e. The molecule has 0 amide bonds. The summed E-state index contributed by atoms with van der Waals surface area (Å²) in [6.45, 7) is 0. The Kier molecular flexibility index (Phi) is 4.49. The number of carbonyl (C=O) groups excluding carboxylic acids is 1. The lowest BCUT2D eigenvalue weighted by atomic mass is 10.0. The molecule has 0 fully saturated rings. The van der Waals surface area contributed by atoms with E-state index in [1.54, 1.807) is 0 Å². The molecule has 0 saturated carbocycles. The van der Waals surface area contributed by atoms with E-state index in [1.165, 1.54) is 37.4 Å². The van der Waals surface area contributed by atoms with Gasteiger partial charge in [-0.15, -0.1) is 0 Å². The number of rotatable bonds is 4. The van der Waals surface area contributed by atoms with Gasteiger partial charge in [0, 0.05) is 16.5 Å². The lowest BCUT2D eigenvalue weighted by molar-refractivity contribution is 0.0992. The molecule has 20 heavy (non-hydrogen) atoms. The molecule has 2 aromatic carbocycles. The van der Waals surface area contributed by atoms with Gasteiger partial charge in [-0.1, -0.05) is 22.0 Å². The first kappa shape index (κ1) is 14.7. The van der Waals surface area contributed by atoms with Gasteiger partial charge in [0.2, 0.25) is 0 Å². The molecule has 0 aliphatic carbocycles. The molecular weight excluding hydrogens is 330 g/mol. The molecule has 0 heterocycles. The van der Waals surface area contributed by atoms with Crippen LogP contribution in [0.1, 0.15) is 15.9 Å². The van der Waals surface area contributed by atoms with Crippen molar-refractivity contribution in [1.29, 1.82) is 0 Å². The molecule has 2 nitrogen and oxygen atoms in total. The van der Waals surface area contributed by atoms with Crippen molar-refractivity contribution in [1.82, 2.24) is 0 Å². The highest BCUT2D eigenvalue weighted by Gasteiger charge is 2.12. The van der Waals surface area contributed by atoms with Crippen LogP contribution in [0.5, 0.6) is 5.75 Å². The molecule has 2 aromatic rings. The van der Waals surface area contributed by atoms with Crippen LogP contribution in [0.3, 0.4) is 0 Å². The van der Waals surface area contributed by atoms with Crippen molar-refractivity contribution >= 4 is 21.7 Å². The van der Waals surface area contributed by atoms with Gasteiger partial charge in [0.25, 0.3) is 0 Å². The van der Waals surface area contributed by atoms with Gasteiger partial charge < -0.3 is 4.74 Å². The number of halogens is 3. The van der Waals surface area contributed by atoms with E-state index in [1.807, 2.05) is 0 Å². The Bertz CT molecular complexity index is 656. The van der Waals surface area contributed by atoms with E-state index in [-0.39, 0.29) is 29.3 Å². The molecule has 0 aliphatic heterocycles. The lowest BCUT2D eigenvalue weighted by Gasteiger charge is -2.06. The summed E-state index contributed by atoms with van der Waals surface area (Å²) >= 11 is 3.20. The minimum atomic E-state index is -0.587. The monoisotopic (exact) mass is 340 g/mol. The van der Waals surface area contributed by atoms with Crippen LogP contribution in [0.25, 0.3) is 0 Å². The summed E-state index contributed by atoms with van der Waals surface area (Å²) in [5, 5.41) is 0. The zero-order valence-corrected chi connectivity index (χ0v) is 12.2. The average Bonchev–Trinajstić information content (AvgIpc) is 2.41.